The Labute approximate surface area is 76.2 Å². The average Bonchev–Trinajstić information content (AvgIpc) is 2.03. The monoisotopic (exact) mass is 181 g/mol. The summed E-state index contributed by atoms with van der Waals surface area (Å²) in [5.41, 5.74) is 1.21. The smallest absolute Gasteiger partial charge is 0.148 e. The fraction of sp³-hybridized carbons (Fsp3) is 0.250. The van der Waals surface area contributed by atoms with Crippen molar-refractivity contribution < 1.29 is 0 Å². The van der Waals surface area contributed by atoms with Gasteiger partial charge in [0.2, 0.25) is 0 Å². The third-order valence-electron chi connectivity index (χ3n) is 1.48. The SMILES string of the molecule is CN(C)c1ccnc(Cl)c1C#N. The van der Waals surface area contributed by atoms with Crippen molar-refractivity contribution in [3.05, 3.63) is 23.0 Å². The first-order valence-corrected chi connectivity index (χ1v) is 3.76. The van der Waals surface area contributed by atoms with Gasteiger partial charge in [-0.2, -0.15) is 5.26 Å². The van der Waals surface area contributed by atoms with Crippen molar-refractivity contribution in [2.45, 2.75) is 0 Å². The minimum atomic E-state index is 0.253. The van der Waals surface area contributed by atoms with Gasteiger partial charge in [0.1, 0.15) is 16.8 Å². The Morgan fingerprint density at radius 2 is 2.25 bits per heavy atom. The summed E-state index contributed by atoms with van der Waals surface area (Å²) in [6.45, 7) is 0. The highest BCUT2D eigenvalue weighted by atomic mass is 35.5. The van der Waals surface area contributed by atoms with E-state index in [1.807, 2.05) is 25.1 Å². The Balaban J connectivity index is 3.30. The molecule has 0 unspecified atom stereocenters. The molecule has 0 bridgehead atoms. The number of rotatable bonds is 1. The Kier molecular flexibility index (Phi) is 2.51. The van der Waals surface area contributed by atoms with E-state index in [0.29, 0.717) is 5.56 Å². The second kappa shape index (κ2) is 3.42. The summed E-state index contributed by atoms with van der Waals surface area (Å²) in [7, 11) is 3.71. The van der Waals surface area contributed by atoms with Crippen molar-refractivity contribution in [3.8, 4) is 6.07 Å². The van der Waals surface area contributed by atoms with E-state index in [4.69, 9.17) is 16.9 Å². The van der Waals surface area contributed by atoms with Gasteiger partial charge in [-0.15, -0.1) is 0 Å². The maximum atomic E-state index is 8.75. The maximum absolute atomic E-state index is 8.75. The lowest BCUT2D eigenvalue weighted by molar-refractivity contribution is 1.11. The Morgan fingerprint density at radius 3 is 2.67 bits per heavy atom. The Morgan fingerprint density at radius 1 is 1.58 bits per heavy atom. The van der Waals surface area contributed by atoms with Gasteiger partial charge >= 0.3 is 0 Å². The second-order valence-corrected chi connectivity index (χ2v) is 2.86. The average molecular weight is 182 g/mol. The molecule has 0 aliphatic heterocycles. The molecule has 0 saturated carbocycles. The number of nitrogens with zero attached hydrogens (tertiary/aromatic N) is 3. The molecule has 0 N–H and O–H groups in total. The van der Waals surface area contributed by atoms with Crippen LogP contribution in [0.1, 0.15) is 5.56 Å². The lowest BCUT2D eigenvalue weighted by Crippen LogP contribution is -2.10. The van der Waals surface area contributed by atoms with Crippen LogP contribution in [0.4, 0.5) is 5.69 Å². The molecule has 1 aromatic rings. The molecule has 0 aromatic carbocycles. The predicted molar refractivity (Wildman–Crippen MR) is 48.3 cm³/mol. The van der Waals surface area contributed by atoms with E-state index in [0.717, 1.165) is 5.69 Å². The maximum Gasteiger partial charge on any atom is 0.148 e. The van der Waals surface area contributed by atoms with Gasteiger partial charge in [-0.1, -0.05) is 11.6 Å². The number of halogens is 1. The first-order chi connectivity index (χ1) is 5.66. The van der Waals surface area contributed by atoms with Gasteiger partial charge in [0.25, 0.3) is 0 Å². The van der Waals surface area contributed by atoms with Crippen molar-refractivity contribution in [1.29, 1.82) is 5.26 Å². The van der Waals surface area contributed by atoms with E-state index in [-0.39, 0.29) is 5.15 Å². The standard InChI is InChI=1S/C8H8ClN3/c1-12(2)7-3-4-11-8(9)6(7)5-10/h3-4H,1-2H3. The van der Waals surface area contributed by atoms with Gasteiger partial charge < -0.3 is 4.90 Å². The van der Waals surface area contributed by atoms with Crippen molar-refractivity contribution >= 4 is 17.3 Å². The van der Waals surface area contributed by atoms with E-state index >= 15 is 0 Å². The van der Waals surface area contributed by atoms with Crippen LogP contribution >= 0.6 is 11.6 Å². The summed E-state index contributed by atoms with van der Waals surface area (Å²) in [5, 5.41) is 9.00. The second-order valence-electron chi connectivity index (χ2n) is 2.50. The van der Waals surface area contributed by atoms with Crippen LogP contribution in [0.2, 0.25) is 5.15 Å². The molecule has 0 radical (unpaired) electrons. The van der Waals surface area contributed by atoms with E-state index < -0.39 is 0 Å². The third kappa shape index (κ3) is 1.49. The number of nitriles is 1. The topological polar surface area (TPSA) is 39.9 Å². The van der Waals surface area contributed by atoms with Crippen molar-refractivity contribution in [2.75, 3.05) is 19.0 Å². The molecule has 0 atom stereocenters. The van der Waals surface area contributed by atoms with Crippen molar-refractivity contribution in [2.24, 2.45) is 0 Å². The van der Waals surface area contributed by atoms with Crippen LogP contribution in [0.3, 0.4) is 0 Å². The summed E-state index contributed by atoms with van der Waals surface area (Å²) in [4.78, 5) is 5.63. The molecular weight excluding hydrogens is 174 g/mol. The van der Waals surface area contributed by atoms with Gasteiger partial charge in [-0.25, -0.2) is 4.98 Å². The third-order valence-corrected chi connectivity index (χ3v) is 1.76. The van der Waals surface area contributed by atoms with Crippen LogP contribution in [0.15, 0.2) is 12.3 Å². The molecule has 4 heteroatoms. The highest BCUT2D eigenvalue weighted by Crippen LogP contribution is 2.22. The van der Waals surface area contributed by atoms with Crippen LogP contribution in [0.25, 0.3) is 0 Å². The number of anilines is 1. The lowest BCUT2D eigenvalue weighted by atomic mass is 10.2. The van der Waals surface area contributed by atoms with Gasteiger partial charge in [0.15, 0.2) is 0 Å². The largest absolute Gasteiger partial charge is 0.376 e. The zero-order valence-electron chi connectivity index (χ0n) is 6.87. The first kappa shape index (κ1) is 8.82. The van der Waals surface area contributed by atoms with Crippen LogP contribution in [-0.2, 0) is 0 Å². The van der Waals surface area contributed by atoms with E-state index in [2.05, 4.69) is 4.98 Å². The molecule has 3 nitrogen and oxygen atoms in total. The van der Waals surface area contributed by atoms with E-state index in [1.165, 1.54) is 0 Å². The Hall–Kier alpha value is -1.27. The fourth-order valence-corrected chi connectivity index (χ4v) is 1.10. The molecule has 0 fully saturated rings. The molecule has 12 heavy (non-hydrogen) atoms. The Bertz CT molecular complexity index is 328. The zero-order chi connectivity index (χ0) is 9.14. The number of hydrogen-bond acceptors (Lipinski definition) is 3. The molecule has 0 saturated heterocycles. The highest BCUT2D eigenvalue weighted by molar-refractivity contribution is 6.30. The number of pyridine rings is 1. The first-order valence-electron chi connectivity index (χ1n) is 3.38. The van der Waals surface area contributed by atoms with Crippen LogP contribution in [0, 0.1) is 11.3 Å². The molecule has 1 heterocycles. The van der Waals surface area contributed by atoms with Gasteiger partial charge in [-0.05, 0) is 6.07 Å². The molecule has 62 valence electrons. The normalized spacial score (nSPS) is 9.17. The number of aromatic nitrogens is 1. The summed E-state index contributed by atoms with van der Waals surface area (Å²) >= 11 is 5.71. The summed E-state index contributed by atoms with van der Waals surface area (Å²) in [6.07, 6.45) is 1.58. The molecule has 1 rings (SSSR count). The van der Waals surface area contributed by atoms with Crippen LogP contribution < -0.4 is 4.90 Å². The molecule has 1 aromatic heterocycles. The fourth-order valence-electron chi connectivity index (χ4n) is 0.903. The minimum absolute atomic E-state index is 0.253. The molecule has 0 aliphatic rings. The highest BCUT2D eigenvalue weighted by Gasteiger charge is 2.07. The quantitative estimate of drug-likeness (QED) is 0.619. The molecule has 0 spiro atoms. The van der Waals surface area contributed by atoms with Crippen molar-refractivity contribution in [1.82, 2.24) is 4.98 Å². The van der Waals surface area contributed by atoms with Gasteiger partial charge in [0, 0.05) is 20.3 Å². The van der Waals surface area contributed by atoms with E-state index in [9.17, 15) is 0 Å². The van der Waals surface area contributed by atoms with Crippen LogP contribution in [0.5, 0.6) is 0 Å². The summed E-state index contributed by atoms with van der Waals surface area (Å²) in [5.74, 6) is 0. The predicted octanol–water partition coefficient (Wildman–Crippen LogP) is 1.67. The lowest BCUT2D eigenvalue weighted by Gasteiger charge is -2.13. The molecule has 0 amide bonds. The van der Waals surface area contributed by atoms with Crippen LogP contribution in [-0.4, -0.2) is 19.1 Å². The molecule has 0 aliphatic carbocycles. The van der Waals surface area contributed by atoms with Gasteiger partial charge in [0.05, 0.1) is 5.69 Å². The number of hydrogen-bond donors (Lipinski definition) is 0. The van der Waals surface area contributed by atoms with Crippen molar-refractivity contribution in [3.63, 3.8) is 0 Å². The summed E-state index contributed by atoms with van der Waals surface area (Å²) < 4.78 is 0. The molecular formula is C8H8ClN3. The zero-order valence-corrected chi connectivity index (χ0v) is 7.63. The summed E-state index contributed by atoms with van der Waals surface area (Å²) in [6, 6.07) is 3.76. The van der Waals surface area contributed by atoms with E-state index in [1.54, 1.807) is 12.3 Å². The minimum Gasteiger partial charge on any atom is -0.376 e. The van der Waals surface area contributed by atoms with Gasteiger partial charge in [-0.3, -0.25) is 0 Å².